The number of anilines is 1. The Bertz CT molecular complexity index is 401. The number of rotatable bonds is 4. The third-order valence-corrected chi connectivity index (χ3v) is 3.57. The van der Waals surface area contributed by atoms with Crippen LogP contribution >= 0.6 is 11.6 Å². The second-order valence-electron chi connectivity index (χ2n) is 4.49. The average Bonchev–Trinajstić information content (AvgIpc) is 2.39. The van der Waals surface area contributed by atoms with Crippen LogP contribution < -0.4 is 9.64 Å². The molecule has 0 saturated carbocycles. The van der Waals surface area contributed by atoms with Gasteiger partial charge >= 0.3 is 0 Å². The quantitative estimate of drug-likeness (QED) is 0.846. The standard InChI is InChI=1S/C12H18ClN3O2/c1-18-10-11(13)14-8-15-12(10)16-5-2-3-9(7-16)4-6-17/h8-9,17H,2-7H2,1H3. The van der Waals surface area contributed by atoms with Crippen LogP contribution in [-0.4, -0.2) is 41.9 Å². The highest BCUT2D eigenvalue weighted by molar-refractivity contribution is 6.31. The van der Waals surface area contributed by atoms with Gasteiger partial charge in [0.1, 0.15) is 6.33 Å². The van der Waals surface area contributed by atoms with Gasteiger partial charge in [-0.15, -0.1) is 0 Å². The van der Waals surface area contributed by atoms with Crippen molar-refractivity contribution in [2.24, 2.45) is 5.92 Å². The Morgan fingerprint density at radius 1 is 1.56 bits per heavy atom. The lowest BCUT2D eigenvalue weighted by Gasteiger charge is -2.33. The maximum absolute atomic E-state index is 9.03. The van der Waals surface area contributed by atoms with E-state index in [4.69, 9.17) is 21.4 Å². The van der Waals surface area contributed by atoms with Crippen LogP contribution in [0.1, 0.15) is 19.3 Å². The third-order valence-electron chi connectivity index (χ3n) is 3.30. The van der Waals surface area contributed by atoms with E-state index in [1.54, 1.807) is 7.11 Å². The molecule has 0 spiro atoms. The predicted molar refractivity (Wildman–Crippen MR) is 70.2 cm³/mol. The number of aromatic nitrogens is 2. The van der Waals surface area contributed by atoms with Gasteiger partial charge in [0, 0.05) is 19.7 Å². The van der Waals surface area contributed by atoms with Crippen molar-refractivity contribution in [1.29, 1.82) is 0 Å². The van der Waals surface area contributed by atoms with Crippen molar-refractivity contribution in [3.05, 3.63) is 11.5 Å². The van der Waals surface area contributed by atoms with Crippen molar-refractivity contribution in [2.75, 3.05) is 31.7 Å². The van der Waals surface area contributed by atoms with E-state index >= 15 is 0 Å². The van der Waals surface area contributed by atoms with Crippen LogP contribution in [0.15, 0.2) is 6.33 Å². The van der Waals surface area contributed by atoms with Gasteiger partial charge in [0.15, 0.2) is 16.7 Å². The van der Waals surface area contributed by atoms with E-state index in [9.17, 15) is 0 Å². The number of hydrogen-bond acceptors (Lipinski definition) is 5. The molecule has 1 fully saturated rings. The van der Waals surface area contributed by atoms with E-state index in [1.165, 1.54) is 6.33 Å². The third kappa shape index (κ3) is 2.84. The van der Waals surface area contributed by atoms with Gasteiger partial charge < -0.3 is 14.7 Å². The molecule has 0 aliphatic carbocycles. The summed E-state index contributed by atoms with van der Waals surface area (Å²) in [5, 5.41) is 9.37. The Kier molecular flexibility index (Phi) is 4.60. The van der Waals surface area contributed by atoms with Crippen molar-refractivity contribution in [1.82, 2.24) is 9.97 Å². The van der Waals surface area contributed by atoms with Crippen LogP contribution in [0.3, 0.4) is 0 Å². The summed E-state index contributed by atoms with van der Waals surface area (Å²) in [6.45, 7) is 2.05. The number of methoxy groups -OCH3 is 1. The Labute approximate surface area is 112 Å². The SMILES string of the molecule is COc1c(Cl)ncnc1N1CCCC(CCO)C1. The van der Waals surface area contributed by atoms with Crippen molar-refractivity contribution in [3.63, 3.8) is 0 Å². The van der Waals surface area contributed by atoms with Crippen LogP contribution in [-0.2, 0) is 0 Å². The van der Waals surface area contributed by atoms with E-state index in [-0.39, 0.29) is 6.61 Å². The number of ether oxygens (including phenoxy) is 1. The zero-order valence-corrected chi connectivity index (χ0v) is 11.2. The fourth-order valence-corrected chi connectivity index (χ4v) is 2.63. The van der Waals surface area contributed by atoms with Gasteiger partial charge in [-0.05, 0) is 25.2 Å². The molecule has 18 heavy (non-hydrogen) atoms. The molecule has 1 saturated heterocycles. The van der Waals surface area contributed by atoms with Crippen LogP contribution in [0.2, 0.25) is 5.15 Å². The van der Waals surface area contributed by atoms with Gasteiger partial charge in [0.25, 0.3) is 0 Å². The number of nitrogens with zero attached hydrogens (tertiary/aromatic N) is 3. The topological polar surface area (TPSA) is 58.5 Å². The molecule has 1 aliphatic rings. The van der Waals surface area contributed by atoms with Crippen LogP contribution in [0.25, 0.3) is 0 Å². The molecule has 1 aliphatic heterocycles. The Hall–Kier alpha value is -1.07. The minimum atomic E-state index is 0.236. The Morgan fingerprint density at radius 2 is 2.39 bits per heavy atom. The summed E-state index contributed by atoms with van der Waals surface area (Å²) in [5.41, 5.74) is 0. The molecule has 0 aromatic carbocycles. The maximum Gasteiger partial charge on any atom is 0.199 e. The molecule has 1 unspecified atom stereocenters. The highest BCUT2D eigenvalue weighted by Crippen LogP contribution is 2.34. The second-order valence-corrected chi connectivity index (χ2v) is 4.85. The summed E-state index contributed by atoms with van der Waals surface area (Å²) < 4.78 is 5.28. The van der Waals surface area contributed by atoms with Crippen molar-refractivity contribution >= 4 is 17.4 Å². The first kappa shape index (κ1) is 13.4. The first-order valence-electron chi connectivity index (χ1n) is 6.16. The molecule has 5 nitrogen and oxygen atoms in total. The van der Waals surface area contributed by atoms with Crippen LogP contribution in [0, 0.1) is 5.92 Å². The zero-order valence-electron chi connectivity index (χ0n) is 10.5. The summed E-state index contributed by atoms with van der Waals surface area (Å²) in [5.74, 6) is 1.78. The smallest absolute Gasteiger partial charge is 0.199 e. The number of hydrogen-bond donors (Lipinski definition) is 1. The lowest BCUT2D eigenvalue weighted by molar-refractivity contribution is 0.244. The van der Waals surface area contributed by atoms with Gasteiger partial charge in [-0.3, -0.25) is 0 Å². The van der Waals surface area contributed by atoms with Crippen LogP contribution in [0.5, 0.6) is 5.75 Å². The molecule has 1 aromatic rings. The van der Waals surface area contributed by atoms with E-state index in [1.807, 2.05) is 0 Å². The largest absolute Gasteiger partial charge is 0.490 e. The summed E-state index contributed by atoms with van der Waals surface area (Å²) in [4.78, 5) is 10.4. The zero-order chi connectivity index (χ0) is 13.0. The van der Waals surface area contributed by atoms with Gasteiger partial charge in [-0.1, -0.05) is 11.6 Å². The molecule has 1 aromatic heterocycles. The fourth-order valence-electron chi connectivity index (χ4n) is 2.42. The molecular formula is C12H18ClN3O2. The monoisotopic (exact) mass is 271 g/mol. The number of aliphatic hydroxyl groups excluding tert-OH is 1. The highest BCUT2D eigenvalue weighted by Gasteiger charge is 2.24. The average molecular weight is 272 g/mol. The normalized spacial score (nSPS) is 19.9. The molecule has 2 rings (SSSR count). The minimum Gasteiger partial charge on any atom is -0.490 e. The van der Waals surface area contributed by atoms with E-state index < -0.39 is 0 Å². The molecule has 1 N–H and O–H groups in total. The molecule has 1 atom stereocenters. The van der Waals surface area contributed by atoms with E-state index in [0.29, 0.717) is 16.8 Å². The number of aliphatic hydroxyl groups is 1. The van der Waals surface area contributed by atoms with Gasteiger partial charge in [-0.25, -0.2) is 9.97 Å². The summed E-state index contributed by atoms with van der Waals surface area (Å²) in [7, 11) is 1.57. The molecule has 0 amide bonds. The van der Waals surface area contributed by atoms with Crippen molar-refractivity contribution in [3.8, 4) is 5.75 Å². The lowest BCUT2D eigenvalue weighted by atomic mass is 9.95. The Balaban J connectivity index is 2.18. The molecule has 0 radical (unpaired) electrons. The van der Waals surface area contributed by atoms with E-state index in [2.05, 4.69) is 14.9 Å². The van der Waals surface area contributed by atoms with Gasteiger partial charge in [-0.2, -0.15) is 0 Å². The van der Waals surface area contributed by atoms with Crippen molar-refractivity contribution < 1.29 is 9.84 Å². The van der Waals surface area contributed by atoms with E-state index in [0.717, 1.165) is 38.2 Å². The first-order chi connectivity index (χ1) is 8.76. The minimum absolute atomic E-state index is 0.236. The summed E-state index contributed by atoms with van der Waals surface area (Å²) in [6.07, 6.45) is 4.53. The first-order valence-corrected chi connectivity index (χ1v) is 6.54. The second kappa shape index (κ2) is 6.20. The van der Waals surface area contributed by atoms with Crippen molar-refractivity contribution in [2.45, 2.75) is 19.3 Å². The number of piperidine rings is 1. The molecule has 6 heteroatoms. The molecular weight excluding hydrogens is 254 g/mol. The molecule has 100 valence electrons. The number of halogens is 1. The maximum atomic E-state index is 9.03. The Morgan fingerprint density at radius 3 is 3.11 bits per heavy atom. The lowest BCUT2D eigenvalue weighted by Crippen LogP contribution is -2.36. The molecule has 2 heterocycles. The summed E-state index contributed by atoms with van der Waals surface area (Å²) in [6, 6.07) is 0. The molecule has 0 bridgehead atoms. The highest BCUT2D eigenvalue weighted by atomic mass is 35.5. The van der Waals surface area contributed by atoms with Crippen LogP contribution in [0.4, 0.5) is 5.82 Å². The summed E-state index contributed by atoms with van der Waals surface area (Å²) >= 11 is 6.00. The predicted octanol–water partition coefficient (Wildman–Crippen LogP) is 1.74. The fraction of sp³-hybridized carbons (Fsp3) is 0.667. The van der Waals surface area contributed by atoms with Gasteiger partial charge in [0.2, 0.25) is 0 Å². The van der Waals surface area contributed by atoms with Gasteiger partial charge in [0.05, 0.1) is 7.11 Å².